The predicted octanol–water partition coefficient (Wildman–Crippen LogP) is 2.26. The number of amides is 1. The lowest BCUT2D eigenvalue weighted by Gasteiger charge is -2.14. The molecule has 1 atom stereocenters. The largest absolute Gasteiger partial charge is 0.383 e. The molecule has 23 heavy (non-hydrogen) atoms. The first-order chi connectivity index (χ1) is 11.2. The number of methoxy groups -OCH3 is 1. The molecule has 0 saturated carbocycles. The highest BCUT2D eigenvalue weighted by molar-refractivity contribution is 5.79. The van der Waals surface area contributed by atoms with Crippen molar-refractivity contribution in [2.75, 3.05) is 26.8 Å². The molecule has 122 valence electrons. The molecule has 0 N–H and O–H groups in total. The standard InChI is InChI=1S/C17H21N3O3/c1-3-12-4-6-13(7-5-12)16-18-17(23-19-16)14-10-15(21)20(11-14)8-9-22-2/h4-7,14H,3,8-11H2,1-2H3/t14-/m1/s1. The fourth-order valence-corrected chi connectivity index (χ4v) is 2.76. The van der Waals surface area contributed by atoms with E-state index in [2.05, 4.69) is 29.2 Å². The van der Waals surface area contributed by atoms with Crippen LogP contribution >= 0.6 is 0 Å². The van der Waals surface area contributed by atoms with E-state index in [4.69, 9.17) is 9.26 Å². The molecule has 1 aliphatic rings. The van der Waals surface area contributed by atoms with Gasteiger partial charge in [-0.2, -0.15) is 4.98 Å². The van der Waals surface area contributed by atoms with Crippen molar-refractivity contribution in [2.45, 2.75) is 25.7 Å². The molecular weight excluding hydrogens is 294 g/mol. The van der Waals surface area contributed by atoms with Crippen molar-refractivity contribution in [3.63, 3.8) is 0 Å². The van der Waals surface area contributed by atoms with E-state index < -0.39 is 0 Å². The minimum atomic E-state index is -0.0319. The first-order valence-corrected chi connectivity index (χ1v) is 7.91. The molecule has 0 unspecified atom stereocenters. The minimum Gasteiger partial charge on any atom is -0.383 e. The van der Waals surface area contributed by atoms with Gasteiger partial charge in [-0.3, -0.25) is 4.79 Å². The van der Waals surface area contributed by atoms with Gasteiger partial charge in [-0.25, -0.2) is 0 Å². The van der Waals surface area contributed by atoms with E-state index in [-0.39, 0.29) is 11.8 Å². The zero-order valence-corrected chi connectivity index (χ0v) is 13.5. The van der Waals surface area contributed by atoms with Crippen LogP contribution in [0.25, 0.3) is 11.4 Å². The van der Waals surface area contributed by atoms with Crippen LogP contribution in [0.4, 0.5) is 0 Å². The van der Waals surface area contributed by atoms with Gasteiger partial charge < -0.3 is 14.2 Å². The van der Waals surface area contributed by atoms with Crippen LogP contribution in [-0.4, -0.2) is 47.8 Å². The van der Waals surface area contributed by atoms with E-state index >= 15 is 0 Å². The third kappa shape index (κ3) is 3.42. The summed E-state index contributed by atoms with van der Waals surface area (Å²) in [5, 5.41) is 4.06. The summed E-state index contributed by atoms with van der Waals surface area (Å²) < 4.78 is 10.4. The number of likely N-dealkylation sites (tertiary alicyclic amines) is 1. The zero-order valence-electron chi connectivity index (χ0n) is 13.5. The lowest BCUT2D eigenvalue weighted by Crippen LogP contribution is -2.28. The number of aryl methyl sites for hydroxylation is 1. The summed E-state index contributed by atoms with van der Waals surface area (Å²) in [4.78, 5) is 18.3. The second kappa shape index (κ2) is 6.91. The number of ether oxygens (including phenoxy) is 1. The molecule has 0 radical (unpaired) electrons. The van der Waals surface area contributed by atoms with Crippen molar-refractivity contribution < 1.29 is 14.1 Å². The SMILES string of the molecule is CCc1ccc(-c2noc([C@@H]3CC(=O)N(CCOC)C3)n2)cc1. The van der Waals surface area contributed by atoms with Gasteiger partial charge in [0.1, 0.15) is 0 Å². The van der Waals surface area contributed by atoms with Crippen LogP contribution in [0.1, 0.15) is 30.7 Å². The predicted molar refractivity (Wildman–Crippen MR) is 84.9 cm³/mol. The van der Waals surface area contributed by atoms with Gasteiger partial charge in [-0.1, -0.05) is 36.3 Å². The number of hydrogen-bond donors (Lipinski definition) is 0. The Labute approximate surface area is 135 Å². The van der Waals surface area contributed by atoms with Gasteiger partial charge in [-0.15, -0.1) is 0 Å². The molecule has 1 aliphatic heterocycles. The normalized spacial score (nSPS) is 17.9. The number of aromatic nitrogens is 2. The molecule has 0 bridgehead atoms. The summed E-state index contributed by atoms with van der Waals surface area (Å²) in [6, 6.07) is 8.13. The molecule has 1 fully saturated rings. The number of rotatable bonds is 6. The second-order valence-corrected chi connectivity index (χ2v) is 5.74. The smallest absolute Gasteiger partial charge is 0.232 e. The van der Waals surface area contributed by atoms with Crippen LogP contribution in [0.2, 0.25) is 0 Å². The Hall–Kier alpha value is -2.21. The van der Waals surface area contributed by atoms with E-state index in [0.29, 0.717) is 37.8 Å². The maximum Gasteiger partial charge on any atom is 0.232 e. The zero-order chi connectivity index (χ0) is 16.2. The molecule has 0 spiro atoms. The molecule has 3 rings (SSSR count). The number of carbonyl (C=O) groups excluding carboxylic acids is 1. The third-order valence-corrected chi connectivity index (χ3v) is 4.19. The third-order valence-electron chi connectivity index (χ3n) is 4.19. The van der Waals surface area contributed by atoms with Crippen LogP contribution in [0.5, 0.6) is 0 Å². The Morgan fingerprint density at radius 3 is 2.83 bits per heavy atom. The van der Waals surface area contributed by atoms with Crippen LogP contribution in [-0.2, 0) is 16.0 Å². The average Bonchev–Trinajstić information content (AvgIpc) is 3.20. The number of nitrogens with zero attached hydrogens (tertiary/aromatic N) is 3. The summed E-state index contributed by atoms with van der Waals surface area (Å²) >= 11 is 0. The lowest BCUT2D eigenvalue weighted by atomic mass is 10.1. The molecule has 1 amide bonds. The van der Waals surface area contributed by atoms with E-state index in [0.717, 1.165) is 12.0 Å². The second-order valence-electron chi connectivity index (χ2n) is 5.74. The summed E-state index contributed by atoms with van der Waals surface area (Å²) in [6.07, 6.45) is 1.42. The monoisotopic (exact) mass is 315 g/mol. The van der Waals surface area contributed by atoms with Gasteiger partial charge in [0.05, 0.1) is 12.5 Å². The lowest BCUT2D eigenvalue weighted by molar-refractivity contribution is -0.128. The Balaban J connectivity index is 1.70. The summed E-state index contributed by atoms with van der Waals surface area (Å²) in [5.74, 6) is 1.19. The van der Waals surface area contributed by atoms with Gasteiger partial charge in [0.2, 0.25) is 17.6 Å². The molecular formula is C17H21N3O3. The van der Waals surface area contributed by atoms with Crippen LogP contribution in [0.15, 0.2) is 28.8 Å². The first-order valence-electron chi connectivity index (χ1n) is 7.91. The van der Waals surface area contributed by atoms with Gasteiger partial charge >= 0.3 is 0 Å². The van der Waals surface area contributed by atoms with Crippen LogP contribution in [0, 0.1) is 0 Å². The summed E-state index contributed by atoms with van der Waals surface area (Å²) in [6.45, 7) is 3.87. The highest BCUT2D eigenvalue weighted by Crippen LogP contribution is 2.28. The van der Waals surface area contributed by atoms with Crippen molar-refractivity contribution in [3.05, 3.63) is 35.7 Å². The summed E-state index contributed by atoms with van der Waals surface area (Å²) in [5.41, 5.74) is 2.20. The maximum atomic E-state index is 12.0. The highest BCUT2D eigenvalue weighted by atomic mass is 16.5. The van der Waals surface area contributed by atoms with Crippen molar-refractivity contribution >= 4 is 5.91 Å². The fraction of sp³-hybridized carbons (Fsp3) is 0.471. The number of benzene rings is 1. The molecule has 1 aromatic heterocycles. The Kier molecular flexibility index (Phi) is 4.71. The Bertz CT molecular complexity index is 666. The van der Waals surface area contributed by atoms with E-state index in [1.807, 2.05) is 12.1 Å². The molecule has 1 aromatic carbocycles. The van der Waals surface area contributed by atoms with Crippen molar-refractivity contribution in [1.82, 2.24) is 15.0 Å². The molecule has 2 heterocycles. The highest BCUT2D eigenvalue weighted by Gasteiger charge is 2.34. The number of hydrogen-bond acceptors (Lipinski definition) is 5. The Morgan fingerprint density at radius 1 is 1.35 bits per heavy atom. The quantitative estimate of drug-likeness (QED) is 0.818. The molecule has 6 heteroatoms. The van der Waals surface area contributed by atoms with Crippen LogP contribution < -0.4 is 0 Å². The topological polar surface area (TPSA) is 68.5 Å². The van der Waals surface area contributed by atoms with Crippen LogP contribution in [0.3, 0.4) is 0 Å². The van der Waals surface area contributed by atoms with Crippen molar-refractivity contribution in [1.29, 1.82) is 0 Å². The fourth-order valence-electron chi connectivity index (χ4n) is 2.76. The maximum absolute atomic E-state index is 12.0. The van der Waals surface area contributed by atoms with E-state index in [9.17, 15) is 4.79 Å². The minimum absolute atomic E-state index is 0.0319. The Morgan fingerprint density at radius 2 is 2.13 bits per heavy atom. The van der Waals surface area contributed by atoms with Gasteiger partial charge in [-0.05, 0) is 12.0 Å². The molecule has 1 saturated heterocycles. The molecule has 2 aromatic rings. The number of carbonyl (C=O) groups is 1. The molecule has 0 aliphatic carbocycles. The average molecular weight is 315 g/mol. The van der Waals surface area contributed by atoms with Gasteiger partial charge in [0, 0.05) is 32.2 Å². The first kappa shape index (κ1) is 15.7. The van der Waals surface area contributed by atoms with Gasteiger partial charge in [0.25, 0.3) is 0 Å². The summed E-state index contributed by atoms with van der Waals surface area (Å²) in [7, 11) is 1.63. The molecule has 6 nitrogen and oxygen atoms in total. The van der Waals surface area contributed by atoms with E-state index in [1.54, 1.807) is 12.0 Å². The van der Waals surface area contributed by atoms with E-state index in [1.165, 1.54) is 5.56 Å². The van der Waals surface area contributed by atoms with Crippen molar-refractivity contribution in [2.24, 2.45) is 0 Å². The van der Waals surface area contributed by atoms with Crippen molar-refractivity contribution in [3.8, 4) is 11.4 Å². The van der Waals surface area contributed by atoms with Gasteiger partial charge in [0.15, 0.2) is 0 Å².